The van der Waals surface area contributed by atoms with E-state index in [1.54, 1.807) is 4.90 Å². The maximum Gasteiger partial charge on any atom is 0.231 e. The van der Waals surface area contributed by atoms with Crippen molar-refractivity contribution in [2.24, 2.45) is 0 Å². The van der Waals surface area contributed by atoms with Gasteiger partial charge in [-0.25, -0.2) is 13.9 Å². The van der Waals surface area contributed by atoms with E-state index < -0.39 is 6.67 Å². The van der Waals surface area contributed by atoms with Crippen molar-refractivity contribution in [1.82, 2.24) is 14.6 Å². The first kappa shape index (κ1) is 24.2. The lowest BCUT2D eigenvalue weighted by molar-refractivity contribution is -0.117. The molecule has 0 saturated heterocycles. The van der Waals surface area contributed by atoms with E-state index >= 15 is 0 Å². The van der Waals surface area contributed by atoms with Gasteiger partial charge in [-0.1, -0.05) is 56.0 Å². The zero-order chi connectivity index (χ0) is 24.8. The average molecular weight is 469 g/mol. The number of nitrogens with zero attached hydrogens (tertiary/aromatic N) is 4. The maximum absolute atomic E-state index is 13.6. The van der Waals surface area contributed by atoms with Gasteiger partial charge in [0.05, 0.1) is 12.1 Å². The second-order valence-corrected chi connectivity index (χ2v) is 8.17. The Morgan fingerprint density at radius 1 is 1.03 bits per heavy atom. The van der Waals surface area contributed by atoms with Crippen LogP contribution >= 0.6 is 0 Å². The minimum atomic E-state index is -0.680. The van der Waals surface area contributed by atoms with Crippen LogP contribution in [0.15, 0.2) is 60.7 Å². The summed E-state index contributed by atoms with van der Waals surface area (Å²) >= 11 is 0. The number of anilines is 1. The third-order valence-corrected chi connectivity index (χ3v) is 6.01. The monoisotopic (exact) mass is 468 g/mol. The van der Waals surface area contributed by atoms with Crippen LogP contribution in [-0.4, -0.2) is 33.7 Å². The van der Waals surface area contributed by atoms with Crippen molar-refractivity contribution >= 4 is 17.2 Å². The molecule has 0 bridgehead atoms. The molecule has 0 spiro atoms. The van der Waals surface area contributed by atoms with Crippen molar-refractivity contribution in [3.05, 3.63) is 83.2 Å². The van der Waals surface area contributed by atoms with Crippen molar-refractivity contribution in [2.45, 2.75) is 40.0 Å². The van der Waals surface area contributed by atoms with E-state index in [0.717, 1.165) is 57.9 Å². The number of halogens is 1. The fourth-order valence-corrected chi connectivity index (χ4v) is 4.21. The number of rotatable bonds is 7. The van der Waals surface area contributed by atoms with E-state index in [1.807, 2.05) is 66.0 Å². The summed E-state index contributed by atoms with van der Waals surface area (Å²) in [6.07, 6.45) is 1.77. The van der Waals surface area contributed by atoms with Gasteiger partial charge in [0.25, 0.3) is 0 Å². The molecule has 5 nitrogen and oxygen atoms in total. The first-order chi connectivity index (χ1) is 17.1. The molecule has 0 aliphatic carbocycles. The standard InChI is InChI=1S/C29H29FN4O/c1-4-23-19-24(5-2)34-29(31-23)26(20-27(35)33(6-3)25-12-8-7-9-13-25)28(32-34)22-16-14-21(15-17-22)11-10-18-30/h7-9,12-17,19H,4-6,18,20H2,1-3H3. The second kappa shape index (κ2) is 11.0. The number of likely N-dealkylation sites (N-methyl/N-ethyl adjacent to an activating group) is 1. The normalized spacial score (nSPS) is 10.7. The van der Waals surface area contributed by atoms with Crippen LogP contribution in [0.5, 0.6) is 0 Å². The van der Waals surface area contributed by atoms with Gasteiger partial charge in [0.2, 0.25) is 5.91 Å². The third-order valence-electron chi connectivity index (χ3n) is 6.01. The summed E-state index contributed by atoms with van der Waals surface area (Å²) in [7, 11) is 0. The third kappa shape index (κ3) is 5.09. The lowest BCUT2D eigenvalue weighted by atomic mass is 10.0. The Hall–Kier alpha value is -3.98. The minimum Gasteiger partial charge on any atom is -0.312 e. The molecular weight excluding hydrogens is 439 g/mol. The summed E-state index contributed by atoms with van der Waals surface area (Å²) in [5, 5.41) is 4.92. The number of aryl methyl sites for hydroxylation is 2. The molecular formula is C29H29FN4O. The highest BCUT2D eigenvalue weighted by Crippen LogP contribution is 2.29. The number of benzene rings is 2. The molecule has 0 fully saturated rings. The Morgan fingerprint density at radius 2 is 1.77 bits per heavy atom. The largest absolute Gasteiger partial charge is 0.312 e. The number of alkyl halides is 1. The Balaban J connectivity index is 1.84. The van der Waals surface area contributed by atoms with E-state index in [0.29, 0.717) is 6.54 Å². The predicted molar refractivity (Wildman–Crippen MR) is 138 cm³/mol. The second-order valence-electron chi connectivity index (χ2n) is 8.17. The average Bonchev–Trinajstić information content (AvgIpc) is 3.26. The van der Waals surface area contributed by atoms with E-state index in [1.165, 1.54) is 0 Å². The lowest BCUT2D eigenvalue weighted by Crippen LogP contribution is -2.32. The predicted octanol–water partition coefficient (Wildman–Crippen LogP) is 5.44. The molecule has 1 amide bonds. The van der Waals surface area contributed by atoms with Gasteiger partial charge >= 0.3 is 0 Å². The van der Waals surface area contributed by atoms with E-state index in [9.17, 15) is 9.18 Å². The Bertz CT molecular complexity index is 1380. The zero-order valence-electron chi connectivity index (χ0n) is 20.4. The molecule has 178 valence electrons. The fraction of sp³-hybridized carbons (Fsp3) is 0.276. The first-order valence-electron chi connectivity index (χ1n) is 12.0. The summed E-state index contributed by atoms with van der Waals surface area (Å²) < 4.78 is 14.3. The number of aromatic nitrogens is 3. The van der Waals surface area contributed by atoms with E-state index in [-0.39, 0.29) is 12.3 Å². The van der Waals surface area contributed by atoms with Crippen molar-refractivity contribution in [3.8, 4) is 23.1 Å². The molecule has 6 heteroatoms. The van der Waals surface area contributed by atoms with Crippen LogP contribution in [0, 0.1) is 11.8 Å². The number of carbonyl (C=O) groups excluding carboxylic acids is 1. The highest BCUT2D eigenvalue weighted by Gasteiger charge is 2.23. The smallest absolute Gasteiger partial charge is 0.231 e. The van der Waals surface area contributed by atoms with Gasteiger partial charge in [-0.2, -0.15) is 5.10 Å². The fourth-order valence-electron chi connectivity index (χ4n) is 4.21. The quantitative estimate of drug-likeness (QED) is 0.340. The summed E-state index contributed by atoms with van der Waals surface area (Å²) in [5.74, 6) is 5.23. The topological polar surface area (TPSA) is 50.5 Å². The molecule has 0 aliphatic heterocycles. The van der Waals surface area contributed by atoms with Crippen molar-refractivity contribution < 1.29 is 9.18 Å². The van der Waals surface area contributed by atoms with Crippen molar-refractivity contribution in [3.63, 3.8) is 0 Å². The van der Waals surface area contributed by atoms with Crippen LogP contribution in [0.4, 0.5) is 10.1 Å². The van der Waals surface area contributed by atoms with E-state index in [4.69, 9.17) is 10.1 Å². The van der Waals surface area contributed by atoms with Crippen LogP contribution < -0.4 is 4.90 Å². The number of fused-ring (bicyclic) bond motifs is 1. The van der Waals surface area contributed by atoms with Gasteiger partial charge in [0, 0.05) is 40.3 Å². The number of amides is 1. The SMILES string of the molecule is CCc1cc(CC)n2nc(-c3ccc(C#CCF)cc3)c(CC(=O)N(CC)c3ccccc3)c2n1. The number of hydrogen-bond acceptors (Lipinski definition) is 3. The number of para-hydroxylation sites is 1. The Morgan fingerprint density at radius 3 is 2.40 bits per heavy atom. The molecule has 0 N–H and O–H groups in total. The molecule has 4 aromatic rings. The molecule has 2 aromatic carbocycles. The summed E-state index contributed by atoms with van der Waals surface area (Å²) in [6, 6.07) is 19.3. The van der Waals surface area contributed by atoms with Crippen LogP contribution in [0.2, 0.25) is 0 Å². The molecule has 0 aliphatic rings. The molecule has 0 saturated carbocycles. The van der Waals surface area contributed by atoms with Gasteiger partial charge < -0.3 is 4.90 Å². The van der Waals surface area contributed by atoms with Gasteiger partial charge in [0.1, 0.15) is 0 Å². The van der Waals surface area contributed by atoms with Crippen molar-refractivity contribution in [2.75, 3.05) is 18.1 Å². The van der Waals surface area contributed by atoms with Gasteiger partial charge in [-0.05, 0) is 50.1 Å². The van der Waals surface area contributed by atoms with Crippen LogP contribution in [0.25, 0.3) is 16.9 Å². The van der Waals surface area contributed by atoms with Gasteiger partial charge in [0.15, 0.2) is 12.3 Å². The number of carbonyl (C=O) groups is 1. The van der Waals surface area contributed by atoms with Gasteiger partial charge in [-0.15, -0.1) is 0 Å². The Labute approximate surface area is 205 Å². The first-order valence-corrected chi connectivity index (χ1v) is 12.0. The molecule has 0 unspecified atom stereocenters. The maximum atomic E-state index is 13.6. The summed E-state index contributed by atoms with van der Waals surface area (Å²) in [5.41, 5.74) is 6.73. The van der Waals surface area contributed by atoms with Crippen LogP contribution in [-0.2, 0) is 24.1 Å². The summed E-state index contributed by atoms with van der Waals surface area (Å²) in [4.78, 5) is 20.2. The zero-order valence-corrected chi connectivity index (χ0v) is 20.4. The Kier molecular flexibility index (Phi) is 7.57. The molecule has 2 heterocycles. The summed E-state index contributed by atoms with van der Waals surface area (Å²) in [6.45, 7) is 6.02. The van der Waals surface area contributed by atoms with Gasteiger partial charge in [-0.3, -0.25) is 4.79 Å². The molecule has 2 aromatic heterocycles. The lowest BCUT2D eigenvalue weighted by Gasteiger charge is -2.21. The molecule has 0 atom stereocenters. The van der Waals surface area contributed by atoms with Crippen molar-refractivity contribution in [1.29, 1.82) is 0 Å². The van der Waals surface area contributed by atoms with E-state index in [2.05, 4.69) is 31.8 Å². The molecule has 4 rings (SSSR count). The highest BCUT2D eigenvalue weighted by atomic mass is 19.1. The molecule has 35 heavy (non-hydrogen) atoms. The minimum absolute atomic E-state index is 0.0120. The molecule has 0 radical (unpaired) electrons. The highest BCUT2D eigenvalue weighted by molar-refractivity contribution is 5.96. The van der Waals surface area contributed by atoms with Crippen LogP contribution in [0.1, 0.15) is 43.3 Å². The van der Waals surface area contributed by atoms with Crippen LogP contribution in [0.3, 0.4) is 0 Å². The number of hydrogen-bond donors (Lipinski definition) is 0.